The monoisotopic (exact) mass is 305 g/mol. The van der Waals surface area contributed by atoms with Gasteiger partial charge in [0.15, 0.2) is 4.96 Å². The van der Waals surface area contributed by atoms with E-state index in [4.69, 9.17) is 17.3 Å². The Bertz CT molecular complexity index is 658. The summed E-state index contributed by atoms with van der Waals surface area (Å²) in [6, 6.07) is 7.99. The molecule has 3 rings (SSSR count). The van der Waals surface area contributed by atoms with Gasteiger partial charge in [0.25, 0.3) is 0 Å². The predicted octanol–water partition coefficient (Wildman–Crippen LogP) is 3.41. The highest BCUT2D eigenvalue weighted by Crippen LogP contribution is 2.18. The third kappa shape index (κ3) is 3.03. The Morgan fingerprint density at radius 2 is 2.05 bits per heavy atom. The van der Waals surface area contributed by atoms with E-state index in [1.54, 1.807) is 11.3 Å². The summed E-state index contributed by atoms with van der Waals surface area (Å²) in [6.07, 6.45) is 6.00. The topological polar surface area (TPSA) is 43.3 Å². The van der Waals surface area contributed by atoms with Crippen molar-refractivity contribution in [1.82, 2.24) is 9.38 Å². The molecule has 1 aromatic carbocycles. The second kappa shape index (κ2) is 5.95. The molecule has 20 heavy (non-hydrogen) atoms. The van der Waals surface area contributed by atoms with Gasteiger partial charge in [-0.05, 0) is 43.0 Å². The average Bonchev–Trinajstić information content (AvgIpc) is 3.01. The Balaban J connectivity index is 1.70. The summed E-state index contributed by atoms with van der Waals surface area (Å²) < 4.78 is 2.07. The van der Waals surface area contributed by atoms with Gasteiger partial charge in [0.1, 0.15) is 0 Å². The lowest BCUT2D eigenvalue weighted by Crippen LogP contribution is -2.19. The first kappa shape index (κ1) is 13.6. The van der Waals surface area contributed by atoms with Crippen LogP contribution in [0.3, 0.4) is 0 Å². The van der Waals surface area contributed by atoms with Crippen molar-refractivity contribution in [3.63, 3.8) is 0 Å². The zero-order chi connectivity index (χ0) is 13.9. The Labute approximate surface area is 127 Å². The molecule has 2 heterocycles. The summed E-state index contributed by atoms with van der Waals surface area (Å²) in [5.41, 5.74) is 8.29. The third-order valence-corrected chi connectivity index (χ3v) is 4.43. The van der Waals surface area contributed by atoms with Gasteiger partial charge in [-0.15, -0.1) is 11.3 Å². The highest BCUT2D eigenvalue weighted by atomic mass is 35.5. The Hall–Kier alpha value is -1.36. The van der Waals surface area contributed by atoms with Crippen molar-refractivity contribution in [2.75, 3.05) is 6.54 Å². The van der Waals surface area contributed by atoms with Crippen LogP contribution in [-0.2, 0) is 12.8 Å². The van der Waals surface area contributed by atoms with E-state index in [9.17, 15) is 0 Å². The first-order valence-electron chi connectivity index (χ1n) is 6.60. The fourth-order valence-corrected chi connectivity index (χ4v) is 3.21. The molecule has 3 aromatic rings. The van der Waals surface area contributed by atoms with Gasteiger partial charge < -0.3 is 5.73 Å². The molecule has 3 nitrogen and oxygen atoms in total. The first-order valence-corrected chi connectivity index (χ1v) is 7.86. The van der Waals surface area contributed by atoms with Crippen molar-refractivity contribution in [3.05, 3.63) is 58.3 Å². The van der Waals surface area contributed by atoms with Crippen LogP contribution < -0.4 is 5.73 Å². The minimum atomic E-state index is 0.404. The zero-order valence-electron chi connectivity index (χ0n) is 11.0. The maximum Gasteiger partial charge on any atom is 0.193 e. The van der Waals surface area contributed by atoms with Gasteiger partial charge in [-0.25, -0.2) is 4.98 Å². The normalized spacial score (nSPS) is 12.9. The van der Waals surface area contributed by atoms with Crippen LogP contribution in [0.25, 0.3) is 4.96 Å². The maximum atomic E-state index is 5.91. The number of hydrogen-bond donors (Lipinski definition) is 1. The molecule has 2 N–H and O–H groups in total. The van der Waals surface area contributed by atoms with Gasteiger partial charge in [0.05, 0.1) is 5.69 Å². The van der Waals surface area contributed by atoms with Gasteiger partial charge in [0, 0.05) is 22.8 Å². The predicted molar refractivity (Wildman–Crippen MR) is 84.5 cm³/mol. The van der Waals surface area contributed by atoms with E-state index in [0.717, 1.165) is 28.5 Å². The van der Waals surface area contributed by atoms with E-state index < -0.39 is 0 Å². The molecule has 0 bridgehead atoms. The second-order valence-electron chi connectivity index (χ2n) is 4.96. The largest absolute Gasteiger partial charge is 0.330 e. The lowest BCUT2D eigenvalue weighted by molar-refractivity contribution is 0.528. The van der Waals surface area contributed by atoms with Crippen molar-refractivity contribution in [2.45, 2.75) is 12.8 Å². The highest BCUT2D eigenvalue weighted by Gasteiger charge is 2.12. The minimum Gasteiger partial charge on any atom is -0.330 e. The fourth-order valence-electron chi connectivity index (χ4n) is 2.36. The Kier molecular flexibility index (Phi) is 4.05. The van der Waals surface area contributed by atoms with Crippen LogP contribution in [0.15, 0.2) is 42.0 Å². The summed E-state index contributed by atoms with van der Waals surface area (Å²) in [5, 5.41) is 2.81. The van der Waals surface area contributed by atoms with Gasteiger partial charge in [-0.2, -0.15) is 0 Å². The molecule has 0 aliphatic carbocycles. The number of aromatic nitrogens is 2. The highest BCUT2D eigenvalue weighted by molar-refractivity contribution is 7.15. The van der Waals surface area contributed by atoms with Crippen molar-refractivity contribution in [1.29, 1.82) is 0 Å². The number of rotatable bonds is 5. The molecule has 0 aliphatic heterocycles. The van der Waals surface area contributed by atoms with Crippen molar-refractivity contribution in [3.8, 4) is 0 Å². The zero-order valence-corrected chi connectivity index (χ0v) is 12.6. The van der Waals surface area contributed by atoms with E-state index in [1.165, 1.54) is 5.56 Å². The molecule has 1 atom stereocenters. The number of nitrogens with zero attached hydrogens (tertiary/aromatic N) is 2. The van der Waals surface area contributed by atoms with Gasteiger partial charge in [-0.3, -0.25) is 4.40 Å². The van der Waals surface area contributed by atoms with Crippen LogP contribution in [0.2, 0.25) is 5.02 Å². The van der Waals surface area contributed by atoms with Gasteiger partial charge in [0.2, 0.25) is 0 Å². The van der Waals surface area contributed by atoms with Gasteiger partial charge in [-0.1, -0.05) is 23.7 Å². The Morgan fingerprint density at radius 1 is 1.25 bits per heavy atom. The SMILES string of the molecule is NCC(Cc1ccc(Cl)cc1)Cc1cn2ccsc2n1. The van der Waals surface area contributed by atoms with E-state index in [2.05, 4.69) is 27.7 Å². The molecule has 0 fully saturated rings. The van der Waals surface area contributed by atoms with Crippen LogP contribution >= 0.6 is 22.9 Å². The molecule has 1 unspecified atom stereocenters. The van der Waals surface area contributed by atoms with E-state index in [1.807, 2.05) is 23.7 Å². The lowest BCUT2D eigenvalue weighted by Gasteiger charge is -2.13. The number of thiazole rings is 1. The second-order valence-corrected chi connectivity index (χ2v) is 6.27. The van der Waals surface area contributed by atoms with Crippen LogP contribution in [0, 0.1) is 5.92 Å². The summed E-state index contributed by atoms with van der Waals surface area (Å²) in [5.74, 6) is 0.404. The molecular formula is C15H16ClN3S. The van der Waals surface area contributed by atoms with E-state index in [-0.39, 0.29) is 0 Å². The first-order chi connectivity index (χ1) is 9.74. The van der Waals surface area contributed by atoms with E-state index in [0.29, 0.717) is 12.5 Å². The van der Waals surface area contributed by atoms with Crippen LogP contribution in [0.4, 0.5) is 0 Å². The number of nitrogens with two attached hydrogens (primary N) is 1. The molecule has 0 spiro atoms. The summed E-state index contributed by atoms with van der Waals surface area (Å²) in [7, 11) is 0. The van der Waals surface area contributed by atoms with Crippen LogP contribution in [0.1, 0.15) is 11.3 Å². The maximum absolute atomic E-state index is 5.91. The summed E-state index contributed by atoms with van der Waals surface area (Å²) in [4.78, 5) is 5.66. The molecule has 2 aromatic heterocycles. The Morgan fingerprint density at radius 3 is 2.75 bits per heavy atom. The molecule has 104 valence electrons. The molecule has 0 saturated heterocycles. The quantitative estimate of drug-likeness (QED) is 0.785. The number of hydrogen-bond acceptors (Lipinski definition) is 3. The smallest absolute Gasteiger partial charge is 0.193 e. The van der Waals surface area contributed by atoms with Crippen molar-refractivity contribution < 1.29 is 0 Å². The standard InChI is InChI=1S/C15H16ClN3S/c16-13-3-1-11(2-4-13)7-12(9-17)8-14-10-19-5-6-20-15(19)18-14/h1-6,10,12H,7-9,17H2. The molecular weight excluding hydrogens is 290 g/mol. The lowest BCUT2D eigenvalue weighted by atomic mass is 9.95. The average molecular weight is 306 g/mol. The summed E-state index contributed by atoms with van der Waals surface area (Å²) >= 11 is 7.56. The molecule has 0 aliphatic rings. The minimum absolute atomic E-state index is 0.404. The van der Waals surface area contributed by atoms with Crippen molar-refractivity contribution >= 4 is 27.9 Å². The summed E-state index contributed by atoms with van der Waals surface area (Å²) in [6.45, 7) is 0.661. The number of fused-ring (bicyclic) bond motifs is 1. The number of imidazole rings is 1. The molecule has 0 saturated carbocycles. The number of halogens is 1. The molecule has 0 radical (unpaired) electrons. The third-order valence-electron chi connectivity index (χ3n) is 3.41. The van der Waals surface area contributed by atoms with E-state index >= 15 is 0 Å². The van der Waals surface area contributed by atoms with Gasteiger partial charge >= 0.3 is 0 Å². The van der Waals surface area contributed by atoms with Crippen LogP contribution in [-0.4, -0.2) is 15.9 Å². The van der Waals surface area contributed by atoms with Crippen LogP contribution in [0.5, 0.6) is 0 Å². The number of benzene rings is 1. The fraction of sp³-hybridized carbons (Fsp3) is 0.267. The van der Waals surface area contributed by atoms with Crippen molar-refractivity contribution in [2.24, 2.45) is 11.7 Å². The molecule has 5 heteroatoms. The molecule has 0 amide bonds.